The van der Waals surface area contributed by atoms with Crippen LogP contribution >= 0.6 is 0 Å². The fourth-order valence-corrected chi connectivity index (χ4v) is 4.70. The lowest BCUT2D eigenvalue weighted by atomic mass is 10.1. The molecule has 2 atom stereocenters. The molecule has 200 valence electrons. The molecule has 2 saturated heterocycles. The number of oxazole rings is 1. The molecule has 2 aliphatic rings. The van der Waals surface area contributed by atoms with Crippen LogP contribution in [0.1, 0.15) is 47.5 Å². The minimum atomic E-state index is -3.88. The zero-order valence-corrected chi connectivity index (χ0v) is 21.4. The van der Waals surface area contributed by atoms with Gasteiger partial charge < -0.3 is 23.9 Å². The molecule has 0 radical (unpaired) electrons. The van der Waals surface area contributed by atoms with E-state index in [1.165, 1.54) is 6.07 Å². The molecular formula is C25H31F2N5O5. The molecule has 0 spiro atoms. The third-order valence-corrected chi connectivity index (χ3v) is 6.53. The van der Waals surface area contributed by atoms with Crippen LogP contribution in [0.2, 0.25) is 0 Å². The highest BCUT2D eigenvalue weighted by Crippen LogP contribution is 2.40. The van der Waals surface area contributed by atoms with Gasteiger partial charge in [0.1, 0.15) is 11.3 Å². The Bertz CT molecular complexity index is 1280. The smallest absolute Gasteiger partial charge is 0.426 e. The van der Waals surface area contributed by atoms with E-state index in [0.717, 1.165) is 26.7 Å². The number of alkyl halides is 2. The largest absolute Gasteiger partial charge is 0.444 e. The van der Waals surface area contributed by atoms with Gasteiger partial charge in [-0.1, -0.05) is 0 Å². The number of amides is 1. The number of nitrogens with zero attached hydrogens (tertiary/aromatic N) is 5. The van der Waals surface area contributed by atoms with Crippen LogP contribution in [0.15, 0.2) is 35.0 Å². The predicted molar refractivity (Wildman–Crippen MR) is 130 cm³/mol. The first-order valence-electron chi connectivity index (χ1n) is 12.2. The van der Waals surface area contributed by atoms with Crippen molar-refractivity contribution in [1.82, 2.24) is 19.7 Å². The quantitative estimate of drug-likeness (QED) is 0.531. The van der Waals surface area contributed by atoms with Gasteiger partial charge in [-0.3, -0.25) is 4.90 Å². The number of rotatable bonds is 5. The second-order valence-electron chi connectivity index (χ2n) is 11.1. The number of hydrogen-bond donors (Lipinski definition) is 1. The zero-order chi connectivity index (χ0) is 26.8. The summed E-state index contributed by atoms with van der Waals surface area (Å²) in [4.78, 5) is 21.1. The van der Waals surface area contributed by atoms with Crippen LogP contribution in [0, 0.1) is 0 Å². The molecule has 1 aromatic carbocycles. The molecule has 2 aliphatic heterocycles. The van der Waals surface area contributed by atoms with Gasteiger partial charge in [0.15, 0.2) is 22.5 Å². The lowest BCUT2D eigenvalue weighted by molar-refractivity contribution is -0.275. The minimum Gasteiger partial charge on any atom is -0.444 e. The van der Waals surface area contributed by atoms with Crippen LogP contribution in [0.5, 0.6) is 5.75 Å². The average molecular weight is 520 g/mol. The fraction of sp³-hybridized carbons (Fsp3) is 0.560. The van der Waals surface area contributed by atoms with Gasteiger partial charge in [0.2, 0.25) is 0 Å². The predicted octanol–water partition coefficient (Wildman–Crippen LogP) is 4.34. The summed E-state index contributed by atoms with van der Waals surface area (Å²) in [5, 5.41) is 14.1. The highest BCUT2D eigenvalue weighted by Gasteiger charge is 2.49. The molecule has 12 heteroatoms. The monoisotopic (exact) mass is 519 g/mol. The first-order valence-corrected chi connectivity index (χ1v) is 12.2. The molecule has 2 fully saturated rings. The van der Waals surface area contributed by atoms with Gasteiger partial charge in [-0.05, 0) is 65.7 Å². The van der Waals surface area contributed by atoms with Crippen molar-refractivity contribution in [1.29, 1.82) is 0 Å². The summed E-state index contributed by atoms with van der Waals surface area (Å²) >= 11 is 0. The van der Waals surface area contributed by atoms with E-state index >= 15 is 0 Å². The van der Waals surface area contributed by atoms with Gasteiger partial charge in [-0.25, -0.2) is 9.48 Å². The summed E-state index contributed by atoms with van der Waals surface area (Å²) in [7, 11) is 0. The Balaban J connectivity index is 1.49. The van der Waals surface area contributed by atoms with Crippen LogP contribution < -0.4 is 9.64 Å². The van der Waals surface area contributed by atoms with E-state index in [1.807, 2.05) is 25.7 Å². The van der Waals surface area contributed by atoms with Gasteiger partial charge >= 0.3 is 12.2 Å². The van der Waals surface area contributed by atoms with E-state index < -0.39 is 17.3 Å². The van der Waals surface area contributed by atoms with E-state index in [0.29, 0.717) is 18.8 Å². The molecule has 1 N–H and O–H groups in total. The molecule has 2 bridgehead atoms. The highest BCUT2D eigenvalue weighted by molar-refractivity contribution is 5.88. The van der Waals surface area contributed by atoms with Gasteiger partial charge in [0.25, 0.3) is 6.01 Å². The summed E-state index contributed by atoms with van der Waals surface area (Å²) in [6, 6.07) is 4.67. The fourth-order valence-electron chi connectivity index (χ4n) is 4.70. The number of anilines is 1. The Morgan fingerprint density at radius 1 is 1.14 bits per heavy atom. The Morgan fingerprint density at radius 2 is 1.81 bits per heavy atom. The average Bonchev–Trinajstić information content (AvgIpc) is 3.50. The molecule has 2 aromatic heterocycles. The summed E-state index contributed by atoms with van der Waals surface area (Å²) in [5.41, 5.74) is -2.24. The Labute approximate surface area is 212 Å². The van der Waals surface area contributed by atoms with Gasteiger partial charge in [-0.2, -0.15) is 18.9 Å². The van der Waals surface area contributed by atoms with Gasteiger partial charge in [0.05, 0.1) is 12.1 Å². The van der Waals surface area contributed by atoms with Crippen LogP contribution in [-0.2, 0) is 4.74 Å². The van der Waals surface area contributed by atoms with Crippen molar-refractivity contribution in [3.8, 4) is 11.4 Å². The molecule has 0 saturated carbocycles. The highest BCUT2D eigenvalue weighted by atomic mass is 19.3. The van der Waals surface area contributed by atoms with E-state index in [1.54, 1.807) is 34.1 Å². The van der Waals surface area contributed by atoms with Crippen molar-refractivity contribution in [2.45, 2.75) is 76.9 Å². The number of aromatic nitrogens is 3. The first-order chi connectivity index (χ1) is 17.2. The van der Waals surface area contributed by atoms with Crippen LogP contribution in [0.3, 0.4) is 0 Å². The molecule has 4 heterocycles. The normalized spacial score (nSPS) is 20.5. The maximum Gasteiger partial charge on any atom is 0.426 e. The molecule has 37 heavy (non-hydrogen) atoms. The van der Waals surface area contributed by atoms with Crippen LogP contribution in [-0.4, -0.2) is 73.3 Å². The number of halogens is 2. The van der Waals surface area contributed by atoms with E-state index in [2.05, 4.69) is 10.1 Å². The van der Waals surface area contributed by atoms with Crippen molar-refractivity contribution < 1.29 is 32.6 Å². The number of aliphatic hydroxyl groups is 1. The van der Waals surface area contributed by atoms with Crippen molar-refractivity contribution in [2.75, 3.05) is 18.0 Å². The maximum absolute atomic E-state index is 14.6. The number of carbonyl (C=O) groups excluding carboxylic acids is 1. The summed E-state index contributed by atoms with van der Waals surface area (Å²) in [6.45, 7) is 8.34. The number of piperazine rings is 1. The Hall–Kier alpha value is -3.41. The van der Waals surface area contributed by atoms with Gasteiger partial charge in [-0.15, -0.1) is 0 Å². The van der Waals surface area contributed by atoms with Crippen molar-refractivity contribution in [2.24, 2.45) is 0 Å². The first kappa shape index (κ1) is 25.2. The third-order valence-electron chi connectivity index (χ3n) is 6.53. The van der Waals surface area contributed by atoms with Gasteiger partial charge in [0, 0.05) is 25.5 Å². The lowest BCUT2D eigenvalue weighted by Gasteiger charge is -2.40. The number of fused-ring (bicyclic) bond motifs is 3. The number of carbonyl (C=O) groups is 1. The second-order valence-corrected chi connectivity index (χ2v) is 11.1. The second kappa shape index (κ2) is 8.57. The Morgan fingerprint density at radius 3 is 2.38 bits per heavy atom. The van der Waals surface area contributed by atoms with Crippen molar-refractivity contribution in [3.63, 3.8) is 0 Å². The number of benzene rings is 1. The van der Waals surface area contributed by atoms with Crippen molar-refractivity contribution >= 4 is 23.2 Å². The summed E-state index contributed by atoms with van der Waals surface area (Å²) in [6.07, 6.45) is 0.677. The standard InChI is InChI=1S/C25H31F2N5O5/c1-23(2,3)37-22(33)32-15-7-8-16(32)14-30(13-15)21-29-19-18(36-25(26,27)24(4,5)34)10-9-17(20(19)35-21)31-12-6-11-28-31/h6,9-12,15-16,34H,7-8,13-14H2,1-5H3. The SMILES string of the molecule is CC(C)(C)OC(=O)N1C2CCC1CN(c1nc3c(OC(F)(F)C(C)(C)O)ccc(-n4cccn4)c3o1)C2. The molecular weight excluding hydrogens is 488 g/mol. The van der Waals surface area contributed by atoms with Crippen LogP contribution in [0.25, 0.3) is 16.8 Å². The maximum atomic E-state index is 14.6. The van der Waals surface area contributed by atoms with E-state index in [4.69, 9.17) is 13.9 Å². The topological polar surface area (TPSA) is 106 Å². The zero-order valence-electron chi connectivity index (χ0n) is 21.4. The molecule has 1 amide bonds. The molecule has 2 unspecified atom stereocenters. The van der Waals surface area contributed by atoms with E-state index in [-0.39, 0.29) is 41.0 Å². The van der Waals surface area contributed by atoms with E-state index in [9.17, 15) is 18.7 Å². The minimum absolute atomic E-state index is 0.0776. The Kier molecular flexibility index (Phi) is 5.85. The number of hydrogen-bond acceptors (Lipinski definition) is 8. The molecule has 0 aliphatic carbocycles. The molecule has 3 aromatic rings. The molecule has 10 nitrogen and oxygen atoms in total. The third kappa shape index (κ3) is 4.70. The molecule has 5 rings (SSSR count). The lowest BCUT2D eigenvalue weighted by Crippen LogP contribution is -2.56. The van der Waals surface area contributed by atoms with Crippen LogP contribution in [0.4, 0.5) is 19.6 Å². The number of ether oxygens (including phenoxy) is 2. The summed E-state index contributed by atoms with van der Waals surface area (Å²) < 4.78 is 47.5. The summed E-state index contributed by atoms with van der Waals surface area (Å²) in [5.74, 6) is -0.233. The van der Waals surface area contributed by atoms with Crippen molar-refractivity contribution in [3.05, 3.63) is 30.6 Å².